The summed E-state index contributed by atoms with van der Waals surface area (Å²) in [6.07, 6.45) is 2.65. The van der Waals surface area contributed by atoms with Crippen molar-refractivity contribution in [2.24, 2.45) is 5.41 Å². The molecule has 0 radical (unpaired) electrons. The minimum absolute atomic E-state index is 0.0322. The fourth-order valence-electron chi connectivity index (χ4n) is 3.80. The summed E-state index contributed by atoms with van der Waals surface area (Å²) < 4.78 is 11.7. The van der Waals surface area contributed by atoms with Crippen molar-refractivity contribution >= 4 is 0 Å². The number of hydrogen-bond acceptors (Lipinski definition) is 4. The van der Waals surface area contributed by atoms with Gasteiger partial charge in [-0.2, -0.15) is 0 Å². The molecule has 0 spiro atoms. The van der Waals surface area contributed by atoms with Crippen LogP contribution in [-0.2, 0) is 9.47 Å². The zero-order valence-corrected chi connectivity index (χ0v) is 14.6. The van der Waals surface area contributed by atoms with E-state index in [4.69, 9.17) is 9.47 Å². The largest absolute Gasteiger partial charge is 0.381 e. The first kappa shape index (κ1) is 17.2. The number of morpholine rings is 1. The summed E-state index contributed by atoms with van der Waals surface area (Å²) in [6, 6.07) is 0.546. The molecule has 2 fully saturated rings. The maximum atomic E-state index is 6.04. The lowest BCUT2D eigenvalue weighted by molar-refractivity contribution is -0.139. The molecule has 1 atom stereocenters. The lowest BCUT2D eigenvalue weighted by Gasteiger charge is -2.47. The van der Waals surface area contributed by atoms with Crippen molar-refractivity contribution in [1.82, 2.24) is 10.2 Å². The van der Waals surface area contributed by atoms with Crippen LogP contribution in [0.4, 0.5) is 0 Å². The van der Waals surface area contributed by atoms with Gasteiger partial charge in [0.2, 0.25) is 0 Å². The van der Waals surface area contributed by atoms with Gasteiger partial charge in [-0.25, -0.2) is 0 Å². The predicted molar refractivity (Wildman–Crippen MR) is 86.7 cm³/mol. The maximum Gasteiger partial charge on any atom is 0.0757 e. The SMILES string of the molecule is CC(C)NCC1(CN2CC(C)OC(C)(C)C2)CCOCC1. The van der Waals surface area contributed by atoms with Gasteiger partial charge in [0.1, 0.15) is 0 Å². The summed E-state index contributed by atoms with van der Waals surface area (Å²) in [6.45, 7) is 17.2. The summed E-state index contributed by atoms with van der Waals surface area (Å²) in [7, 11) is 0. The van der Waals surface area contributed by atoms with Crippen LogP contribution in [-0.4, -0.2) is 62.0 Å². The Bertz CT molecular complexity index is 325. The molecule has 0 saturated carbocycles. The third kappa shape index (κ3) is 5.20. The maximum absolute atomic E-state index is 6.04. The van der Waals surface area contributed by atoms with Crippen LogP contribution in [0.5, 0.6) is 0 Å². The van der Waals surface area contributed by atoms with E-state index in [1.807, 2.05) is 0 Å². The van der Waals surface area contributed by atoms with Crippen LogP contribution in [0.2, 0.25) is 0 Å². The Morgan fingerprint density at radius 1 is 1.24 bits per heavy atom. The predicted octanol–water partition coefficient (Wildman–Crippen LogP) is 2.28. The topological polar surface area (TPSA) is 33.7 Å². The van der Waals surface area contributed by atoms with Crippen molar-refractivity contribution in [3.63, 3.8) is 0 Å². The normalized spacial score (nSPS) is 29.7. The van der Waals surface area contributed by atoms with E-state index in [0.717, 1.165) is 39.4 Å². The standard InChI is InChI=1S/C17H34N2O2/c1-14(2)18-11-17(6-8-20-9-7-17)13-19-10-15(3)21-16(4,5)12-19/h14-15,18H,6-13H2,1-5H3. The first-order valence-corrected chi connectivity index (χ1v) is 8.52. The number of nitrogens with zero attached hydrogens (tertiary/aromatic N) is 1. The Labute approximate surface area is 130 Å². The van der Waals surface area contributed by atoms with Crippen molar-refractivity contribution in [3.05, 3.63) is 0 Å². The molecule has 4 heteroatoms. The molecule has 2 heterocycles. The van der Waals surface area contributed by atoms with Crippen LogP contribution >= 0.6 is 0 Å². The number of ether oxygens (including phenoxy) is 2. The molecule has 124 valence electrons. The second-order valence-corrected chi connectivity index (χ2v) is 8.01. The summed E-state index contributed by atoms with van der Waals surface area (Å²) in [4.78, 5) is 2.61. The molecular weight excluding hydrogens is 264 g/mol. The summed E-state index contributed by atoms with van der Waals surface area (Å²) >= 11 is 0. The summed E-state index contributed by atoms with van der Waals surface area (Å²) in [5, 5.41) is 3.66. The van der Waals surface area contributed by atoms with Gasteiger partial charge in [-0.3, -0.25) is 4.90 Å². The van der Waals surface area contributed by atoms with Gasteiger partial charge < -0.3 is 14.8 Å². The van der Waals surface area contributed by atoms with Crippen molar-refractivity contribution in [1.29, 1.82) is 0 Å². The van der Waals surface area contributed by atoms with E-state index >= 15 is 0 Å². The summed E-state index contributed by atoms with van der Waals surface area (Å²) in [5.41, 5.74) is 0.325. The molecule has 0 aromatic carbocycles. The van der Waals surface area contributed by atoms with E-state index in [-0.39, 0.29) is 5.60 Å². The highest BCUT2D eigenvalue weighted by Gasteiger charge is 2.38. The fraction of sp³-hybridized carbons (Fsp3) is 1.00. The van der Waals surface area contributed by atoms with Crippen LogP contribution in [0.3, 0.4) is 0 Å². The Morgan fingerprint density at radius 2 is 1.90 bits per heavy atom. The zero-order valence-electron chi connectivity index (χ0n) is 14.6. The second kappa shape index (κ2) is 6.95. The monoisotopic (exact) mass is 298 g/mol. The molecule has 0 aromatic rings. The number of hydrogen-bond donors (Lipinski definition) is 1. The Kier molecular flexibility index (Phi) is 5.69. The van der Waals surface area contributed by atoms with Gasteiger partial charge in [0.25, 0.3) is 0 Å². The lowest BCUT2D eigenvalue weighted by atomic mass is 9.79. The highest BCUT2D eigenvalue weighted by Crippen LogP contribution is 2.33. The molecule has 21 heavy (non-hydrogen) atoms. The van der Waals surface area contributed by atoms with Gasteiger partial charge in [-0.15, -0.1) is 0 Å². The molecular formula is C17H34N2O2. The highest BCUT2D eigenvalue weighted by atomic mass is 16.5. The quantitative estimate of drug-likeness (QED) is 0.844. The third-order valence-corrected chi connectivity index (χ3v) is 4.64. The van der Waals surface area contributed by atoms with Crippen molar-refractivity contribution in [2.45, 2.75) is 65.2 Å². The van der Waals surface area contributed by atoms with Crippen LogP contribution in [0.1, 0.15) is 47.5 Å². The van der Waals surface area contributed by atoms with E-state index in [1.165, 1.54) is 12.8 Å². The molecule has 2 rings (SSSR count). The molecule has 0 aliphatic carbocycles. The van der Waals surface area contributed by atoms with E-state index in [1.54, 1.807) is 0 Å². The van der Waals surface area contributed by atoms with E-state index < -0.39 is 0 Å². The number of rotatable bonds is 5. The van der Waals surface area contributed by atoms with E-state index in [0.29, 0.717) is 17.6 Å². The molecule has 1 N–H and O–H groups in total. The Balaban J connectivity index is 2.00. The van der Waals surface area contributed by atoms with Crippen molar-refractivity contribution in [3.8, 4) is 0 Å². The fourth-order valence-corrected chi connectivity index (χ4v) is 3.80. The molecule has 1 unspecified atom stereocenters. The molecule has 4 nitrogen and oxygen atoms in total. The first-order chi connectivity index (χ1) is 9.80. The Morgan fingerprint density at radius 3 is 2.48 bits per heavy atom. The van der Waals surface area contributed by atoms with Crippen LogP contribution in [0, 0.1) is 5.41 Å². The first-order valence-electron chi connectivity index (χ1n) is 8.52. The minimum atomic E-state index is -0.0322. The smallest absolute Gasteiger partial charge is 0.0757 e. The zero-order chi connectivity index (χ0) is 15.5. The molecule has 2 aliphatic heterocycles. The van der Waals surface area contributed by atoms with Crippen LogP contribution in [0.15, 0.2) is 0 Å². The van der Waals surface area contributed by atoms with Gasteiger partial charge in [0, 0.05) is 45.4 Å². The minimum Gasteiger partial charge on any atom is -0.381 e. The molecule has 2 aliphatic rings. The van der Waals surface area contributed by atoms with Crippen molar-refractivity contribution < 1.29 is 9.47 Å². The van der Waals surface area contributed by atoms with Crippen LogP contribution < -0.4 is 5.32 Å². The van der Waals surface area contributed by atoms with Gasteiger partial charge in [0.05, 0.1) is 11.7 Å². The van der Waals surface area contributed by atoms with Gasteiger partial charge in [-0.1, -0.05) is 13.8 Å². The summed E-state index contributed by atoms with van der Waals surface area (Å²) in [5.74, 6) is 0. The van der Waals surface area contributed by atoms with E-state index in [9.17, 15) is 0 Å². The molecule has 0 bridgehead atoms. The Hall–Kier alpha value is -0.160. The second-order valence-electron chi connectivity index (χ2n) is 8.01. The highest BCUT2D eigenvalue weighted by molar-refractivity contribution is 4.91. The van der Waals surface area contributed by atoms with Gasteiger partial charge >= 0.3 is 0 Å². The van der Waals surface area contributed by atoms with Crippen molar-refractivity contribution in [2.75, 3.05) is 39.4 Å². The van der Waals surface area contributed by atoms with Crippen LogP contribution in [0.25, 0.3) is 0 Å². The molecule has 0 aromatic heterocycles. The molecule has 2 saturated heterocycles. The third-order valence-electron chi connectivity index (χ3n) is 4.64. The van der Waals surface area contributed by atoms with Gasteiger partial charge in [0.15, 0.2) is 0 Å². The average Bonchev–Trinajstić information content (AvgIpc) is 2.35. The number of nitrogens with one attached hydrogen (secondary N) is 1. The van der Waals surface area contributed by atoms with Gasteiger partial charge in [-0.05, 0) is 39.0 Å². The van der Waals surface area contributed by atoms with E-state index in [2.05, 4.69) is 44.8 Å². The lowest BCUT2D eigenvalue weighted by Crippen LogP contribution is -2.56. The molecule has 0 amide bonds. The average molecular weight is 298 g/mol.